The molecule has 0 spiro atoms. The zero-order chi connectivity index (χ0) is 17.7. The number of H-pyrrole nitrogens is 1. The predicted molar refractivity (Wildman–Crippen MR) is 106 cm³/mol. The monoisotopic (exact) mass is 347 g/mol. The highest BCUT2D eigenvalue weighted by Gasteiger charge is 2.28. The van der Waals surface area contributed by atoms with Crippen LogP contribution in [0.4, 0.5) is 5.69 Å². The Bertz CT molecular complexity index is 987. The average molecular weight is 347 g/mol. The second kappa shape index (κ2) is 6.04. The third kappa shape index (κ3) is 2.32. The number of aryl methyl sites for hydroxylation is 2. The number of para-hydroxylation sites is 1. The Morgan fingerprint density at radius 1 is 1.19 bits per heavy atom. The minimum absolute atomic E-state index is 0.423. The summed E-state index contributed by atoms with van der Waals surface area (Å²) < 4.78 is 0. The lowest BCUT2D eigenvalue weighted by molar-refractivity contribution is 0.464. The molecule has 3 aromatic rings. The van der Waals surface area contributed by atoms with Gasteiger partial charge in [0.2, 0.25) is 0 Å². The van der Waals surface area contributed by atoms with E-state index in [0.29, 0.717) is 5.75 Å². The molecule has 2 aliphatic heterocycles. The van der Waals surface area contributed by atoms with Crippen LogP contribution < -0.4 is 4.90 Å². The maximum Gasteiger partial charge on any atom is 0.142 e. The van der Waals surface area contributed by atoms with E-state index in [0.717, 1.165) is 73.2 Å². The van der Waals surface area contributed by atoms with Crippen LogP contribution in [-0.4, -0.2) is 28.2 Å². The number of rotatable bonds is 3. The van der Waals surface area contributed by atoms with Crippen molar-refractivity contribution in [2.24, 2.45) is 0 Å². The zero-order valence-corrected chi connectivity index (χ0v) is 15.3. The van der Waals surface area contributed by atoms with Crippen LogP contribution in [0.1, 0.15) is 42.9 Å². The van der Waals surface area contributed by atoms with Crippen molar-refractivity contribution in [1.29, 1.82) is 0 Å². The second-order valence-electron chi connectivity index (χ2n) is 7.60. The van der Waals surface area contributed by atoms with Gasteiger partial charge in [0, 0.05) is 24.3 Å². The number of hydrogen-bond donors (Lipinski definition) is 2. The molecule has 4 heteroatoms. The van der Waals surface area contributed by atoms with Crippen LogP contribution in [0.2, 0.25) is 0 Å². The summed E-state index contributed by atoms with van der Waals surface area (Å²) in [7, 11) is 0. The third-order valence-corrected chi connectivity index (χ3v) is 5.87. The van der Waals surface area contributed by atoms with Crippen LogP contribution in [0.3, 0.4) is 0 Å². The number of hydrogen-bond acceptors (Lipinski definition) is 3. The topological polar surface area (TPSA) is 52.1 Å². The molecule has 0 atom stereocenters. The summed E-state index contributed by atoms with van der Waals surface area (Å²) in [5.74, 6) is 1.22. The Hall–Kier alpha value is -2.49. The first-order valence-electron chi connectivity index (χ1n) is 9.87. The number of nitrogens with one attached hydrogen (secondary N) is 1. The van der Waals surface area contributed by atoms with E-state index in [1.807, 2.05) is 0 Å². The number of anilines is 1. The highest BCUT2D eigenvalue weighted by atomic mass is 16.3. The van der Waals surface area contributed by atoms with Gasteiger partial charge in [-0.1, -0.05) is 25.5 Å². The van der Waals surface area contributed by atoms with Gasteiger partial charge in [-0.05, 0) is 55.4 Å². The number of benzene rings is 2. The molecule has 0 saturated carbocycles. The molecule has 1 aromatic heterocycles. The largest absolute Gasteiger partial charge is 0.507 e. The minimum Gasteiger partial charge on any atom is -0.507 e. The molecule has 0 bridgehead atoms. The van der Waals surface area contributed by atoms with Crippen molar-refractivity contribution in [2.75, 3.05) is 18.0 Å². The number of aromatic hydroxyl groups is 1. The lowest BCUT2D eigenvalue weighted by Crippen LogP contribution is -2.34. The highest BCUT2D eigenvalue weighted by Crippen LogP contribution is 2.45. The van der Waals surface area contributed by atoms with E-state index in [1.54, 1.807) is 0 Å². The molecule has 0 unspecified atom stereocenters. The Kier molecular flexibility index (Phi) is 3.66. The van der Waals surface area contributed by atoms with Crippen LogP contribution in [0, 0.1) is 0 Å². The van der Waals surface area contributed by atoms with Crippen molar-refractivity contribution >= 4 is 16.7 Å². The smallest absolute Gasteiger partial charge is 0.142 e. The molecule has 4 nitrogen and oxygen atoms in total. The molecule has 0 radical (unpaired) electrons. The maximum absolute atomic E-state index is 11.1. The standard InChI is InChI=1S/C22H25N3O/c1-2-6-14-7-3-10-18-19(14)24-22(23-18)17-13-15-8-4-11-25-12-5-9-16(20(15)25)21(17)26/h3,7,10,13,26H,2,4-6,8-9,11-12H2,1H3,(H,23,24). The normalized spacial score (nSPS) is 16.1. The van der Waals surface area contributed by atoms with Crippen molar-refractivity contribution in [2.45, 2.75) is 45.4 Å². The van der Waals surface area contributed by atoms with Gasteiger partial charge in [-0.15, -0.1) is 0 Å². The molecular formula is C22H25N3O. The van der Waals surface area contributed by atoms with E-state index in [9.17, 15) is 5.11 Å². The fourth-order valence-electron chi connectivity index (χ4n) is 4.71. The van der Waals surface area contributed by atoms with Crippen molar-refractivity contribution < 1.29 is 5.11 Å². The molecule has 0 saturated heterocycles. The van der Waals surface area contributed by atoms with Crippen LogP contribution in [0.15, 0.2) is 24.3 Å². The number of phenols is 1. The van der Waals surface area contributed by atoms with Crippen LogP contribution in [0.5, 0.6) is 5.75 Å². The number of phenolic OH excluding ortho intramolecular Hbond substituents is 1. The number of aromatic amines is 1. The van der Waals surface area contributed by atoms with Crippen LogP contribution in [-0.2, 0) is 19.3 Å². The fourth-order valence-corrected chi connectivity index (χ4v) is 4.71. The van der Waals surface area contributed by atoms with Gasteiger partial charge in [0.15, 0.2) is 0 Å². The lowest BCUT2D eigenvalue weighted by Gasteiger charge is -2.37. The molecule has 0 amide bonds. The maximum atomic E-state index is 11.1. The summed E-state index contributed by atoms with van der Waals surface area (Å²) in [6, 6.07) is 8.49. The molecule has 2 aromatic carbocycles. The van der Waals surface area contributed by atoms with Gasteiger partial charge in [0.25, 0.3) is 0 Å². The SMILES string of the molecule is CCCc1cccc2[nH]c(-c3cc4c5c(c3O)CCCN5CCC4)nc12. The number of nitrogens with zero attached hydrogens (tertiary/aromatic N) is 2. The predicted octanol–water partition coefficient (Wildman–Crippen LogP) is 4.59. The molecule has 5 rings (SSSR count). The fraction of sp³-hybridized carbons (Fsp3) is 0.409. The molecule has 2 aliphatic rings. The van der Waals surface area contributed by atoms with E-state index < -0.39 is 0 Å². The number of fused-ring (bicyclic) bond motifs is 1. The molecule has 0 aliphatic carbocycles. The van der Waals surface area contributed by atoms with Crippen molar-refractivity contribution in [3.63, 3.8) is 0 Å². The number of aromatic nitrogens is 2. The average Bonchev–Trinajstić information content (AvgIpc) is 3.10. The second-order valence-corrected chi connectivity index (χ2v) is 7.60. The quantitative estimate of drug-likeness (QED) is 0.729. The molecule has 134 valence electrons. The van der Waals surface area contributed by atoms with Crippen LogP contribution >= 0.6 is 0 Å². The van der Waals surface area contributed by atoms with E-state index in [2.05, 4.69) is 41.1 Å². The van der Waals surface area contributed by atoms with Gasteiger partial charge in [-0.25, -0.2) is 4.98 Å². The summed E-state index contributed by atoms with van der Waals surface area (Å²) in [6.07, 6.45) is 6.48. The van der Waals surface area contributed by atoms with Crippen molar-refractivity contribution in [1.82, 2.24) is 9.97 Å². The molecule has 3 heterocycles. The summed E-state index contributed by atoms with van der Waals surface area (Å²) in [6.45, 7) is 4.42. The first-order chi connectivity index (χ1) is 12.8. The summed E-state index contributed by atoms with van der Waals surface area (Å²) >= 11 is 0. The van der Waals surface area contributed by atoms with E-state index >= 15 is 0 Å². The number of imidazole rings is 1. The van der Waals surface area contributed by atoms with Gasteiger partial charge in [0.05, 0.1) is 16.6 Å². The van der Waals surface area contributed by atoms with Gasteiger partial charge in [0.1, 0.15) is 11.6 Å². The Morgan fingerprint density at radius 3 is 2.88 bits per heavy atom. The van der Waals surface area contributed by atoms with Gasteiger partial charge < -0.3 is 15.0 Å². The minimum atomic E-state index is 0.423. The molecular weight excluding hydrogens is 322 g/mol. The molecule has 2 N–H and O–H groups in total. The summed E-state index contributed by atoms with van der Waals surface area (Å²) in [5, 5.41) is 11.1. The Morgan fingerprint density at radius 2 is 2.04 bits per heavy atom. The van der Waals surface area contributed by atoms with Crippen molar-refractivity contribution in [3.05, 3.63) is 41.0 Å². The lowest BCUT2D eigenvalue weighted by atomic mass is 9.89. The summed E-state index contributed by atoms with van der Waals surface area (Å²) in [5.41, 5.74) is 8.02. The molecule has 0 fully saturated rings. The molecule has 26 heavy (non-hydrogen) atoms. The van der Waals surface area contributed by atoms with Crippen molar-refractivity contribution in [3.8, 4) is 17.1 Å². The van der Waals surface area contributed by atoms with Crippen LogP contribution in [0.25, 0.3) is 22.4 Å². The first-order valence-corrected chi connectivity index (χ1v) is 9.87. The third-order valence-electron chi connectivity index (χ3n) is 5.87. The van der Waals surface area contributed by atoms with E-state index in [4.69, 9.17) is 4.98 Å². The zero-order valence-electron chi connectivity index (χ0n) is 15.3. The summed E-state index contributed by atoms with van der Waals surface area (Å²) in [4.78, 5) is 10.8. The first kappa shape index (κ1) is 15.7. The Labute approximate surface area is 153 Å². The van der Waals surface area contributed by atoms with Gasteiger partial charge >= 0.3 is 0 Å². The highest BCUT2D eigenvalue weighted by molar-refractivity contribution is 5.85. The van der Waals surface area contributed by atoms with Gasteiger partial charge in [-0.2, -0.15) is 0 Å². The van der Waals surface area contributed by atoms with Gasteiger partial charge in [-0.3, -0.25) is 0 Å². The van der Waals surface area contributed by atoms with E-state index in [-0.39, 0.29) is 0 Å². The van der Waals surface area contributed by atoms with E-state index in [1.165, 1.54) is 23.2 Å². The Balaban J connectivity index is 1.69.